The number of halogens is 1. The van der Waals surface area contributed by atoms with E-state index in [9.17, 15) is 22.4 Å². The number of ether oxygens (including phenoxy) is 2. The highest BCUT2D eigenvalue weighted by molar-refractivity contribution is 7.92. The third-order valence-electron chi connectivity index (χ3n) is 5.95. The van der Waals surface area contributed by atoms with Gasteiger partial charge in [-0.15, -0.1) is 11.3 Å². The average molecular weight is 547 g/mol. The Morgan fingerprint density at radius 3 is 2.38 bits per heavy atom. The molecule has 0 saturated heterocycles. The number of fused-ring (bicyclic) bond motifs is 1. The summed E-state index contributed by atoms with van der Waals surface area (Å²) in [5.41, 5.74) is 1.44. The Morgan fingerprint density at radius 2 is 1.73 bits per heavy atom. The largest absolute Gasteiger partial charge is 0.497 e. The number of esters is 1. The van der Waals surface area contributed by atoms with Gasteiger partial charge in [-0.25, -0.2) is 17.6 Å². The standard InChI is InChI=1S/C26H27FN2O6S2/c1-3-35-26(31)24-21-6-4-5-7-22(21)36-25(24)28-23(30)16-29(18-10-12-19(34-2)13-11-18)37(32,33)20-14-8-17(27)9-15-20/h8-15H,3-7,16H2,1-2H3,(H,28,30). The smallest absolute Gasteiger partial charge is 0.341 e. The zero-order valence-corrected chi connectivity index (χ0v) is 22.1. The van der Waals surface area contributed by atoms with Crippen LogP contribution < -0.4 is 14.4 Å². The molecule has 0 unspecified atom stereocenters. The number of hydrogen-bond donors (Lipinski definition) is 1. The topological polar surface area (TPSA) is 102 Å². The van der Waals surface area contributed by atoms with Crippen LogP contribution in [0.1, 0.15) is 40.6 Å². The van der Waals surface area contributed by atoms with E-state index < -0.39 is 34.3 Å². The summed E-state index contributed by atoms with van der Waals surface area (Å²) in [5.74, 6) is -1.22. The normalized spacial score (nSPS) is 12.9. The fourth-order valence-electron chi connectivity index (χ4n) is 4.17. The van der Waals surface area contributed by atoms with Gasteiger partial charge in [-0.05, 0) is 86.7 Å². The van der Waals surface area contributed by atoms with E-state index in [4.69, 9.17) is 9.47 Å². The molecule has 0 saturated carbocycles. The van der Waals surface area contributed by atoms with Crippen LogP contribution in [-0.2, 0) is 32.4 Å². The minimum absolute atomic E-state index is 0.170. The third kappa shape index (κ3) is 5.78. The van der Waals surface area contributed by atoms with Gasteiger partial charge in [-0.2, -0.15) is 0 Å². The Balaban J connectivity index is 1.67. The summed E-state index contributed by atoms with van der Waals surface area (Å²) in [6.45, 7) is 1.33. The van der Waals surface area contributed by atoms with Gasteiger partial charge in [0.25, 0.3) is 10.0 Å². The van der Waals surface area contributed by atoms with Gasteiger partial charge < -0.3 is 14.8 Å². The van der Waals surface area contributed by atoms with E-state index >= 15 is 0 Å². The third-order valence-corrected chi connectivity index (χ3v) is 8.95. The Morgan fingerprint density at radius 1 is 1.05 bits per heavy atom. The van der Waals surface area contributed by atoms with Crippen LogP contribution in [0.15, 0.2) is 53.4 Å². The van der Waals surface area contributed by atoms with Crippen molar-refractivity contribution < 1.29 is 31.9 Å². The van der Waals surface area contributed by atoms with Crippen LogP contribution in [0.3, 0.4) is 0 Å². The number of rotatable bonds is 9. The second-order valence-electron chi connectivity index (χ2n) is 8.35. The average Bonchev–Trinajstić information content (AvgIpc) is 3.25. The lowest BCUT2D eigenvalue weighted by Gasteiger charge is -2.24. The molecule has 4 rings (SSSR count). The van der Waals surface area contributed by atoms with Crippen molar-refractivity contribution in [1.82, 2.24) is 0 Å². The number of amides is 1. The molecule has 1 heterocycles. The van der Waals surface area contributed by atoms with Crippen LogP contribution >= 0.6 is 11.3 Å². The van der Waals surface area contributed by atoms with E-state index in [-0.39, 0.29) is 17.2 Å². The number of methoxy groups -OCH3 is 1. The molecule has 3 aromatic rings. The molecule has 1 aliphatic rings. The highest BCUT2D eigenvalue weighted by Crippen LogP contribution is 2.38. The number of carbonyl (C=O) groups is 2. The maximum absolute atomic E-state index is 13.5. The second kappa shape index (κ2) is 11.3. The molecular weight excluding hydrogens is 519 g/mol. The highest BCUT2D eigenvalue weighted by Gasteiger charge is 2.30. The molecule has 1 amide bonds. The Bertz CT molecular complexity index is 1390. The monoisotopic (exact) mass is 546 g/mol. The van der Waals surface area contributed by atoms with Crippen molar-refractivity contribution in [1.29, 1.82) is 0 Å². The first-order valence-corrected chi connectivity index (χ1v) is 14.0. The fraction of sp³-hybridized carbons (Fsp3) is 0.308. The van der Waals surface area contributed by atoms with Gasteiger partial charge in [0.15, 0.2) is 0 Å². The van der Waals surface area contributed by atoms with Crippen molar-refractivity contribution in [2.24, 2.45) is 0 Å². The van der Waals surface area contributed by atoms with Gasteiger partial charge in [-0.3, -0.25) is 9.10 Å². The molecule has 1 N–H and O–H groups in total. The Kier molecular flexibility index (Phi) is 8.13. The summed E-state index contributed by atoms with van der Waals surface area (Å²) in [7, 11) is -2.75. The van der Waals surface area contributed by atoms with Crippen LogP contribution in [0.25, 0.3) is 0 Å². The van der Waals surface area contributed by atoms with Crippen molar-refractivity contribution in [2.45, 2.75) is 37.5 Å². The van der Waals surface area contributed by atoms with Crippen LogP contribution in [0.5, 0.6) is 5.75 Å². The first kappa shape index (κ1) is 26.6. The lowest BCUT2D eigenvalue weighted by molar-refractivity contribution is -0.114. The molecule has 0 aliphatic heterocycles. The summed E-state index contributed by atoms with van der Waals surface area (Å²) in [4.78, 5) is 26.8. The molecule has 37 heavy (non-hydrogen) atoms. The lowest BCUT2D eigenvalue weighted by atomic mass is 9.95. The molecule has 0 radical (unpaired) electrons. The van der Waals surface area contributed by atoms with E-state index in [0.29, 0.717) is 22.7 Å². The molecule has 8 nitrogen and oxygen atoms in total. The van der Waals surface area contributed by atoms with E-state index in [0.717, 1.165) is 58.3 Å². The molecule has 0 atom stereocenters. The van der Waals surface area contributed by atoms with Crippen molar-refractivity contribution in [2.75, 3.05) is 29.9 Å². The van der Waals surface area contributed by atoms with Crippen molar-refractivity contribution in [3.8, 4) is 5.75 Å². The number of aryl methyl sites for hydroxylation is 1. The maximum atomic E-state index is 13.5. The van der Waals surface area contributed by atoms with Gasteiger partial charge in [0, 0.05) is 4.88 Å². The maximum Gasteiger partial charge on any atom is 0.341 e. The summed E-state index contributed by atoms with van der Waals surface area (Å²) >= 11 is 1.32. The van der Waals surface area contributed by atoms with Gasteiger partial charge in [-0.1, -0.05) is 0 Å². The van der Waals surface area contributed by atoms with Crippen LogP contribution in [0, 0.1) is 5.82 Å². The minimum Gasteiger partial charge on any atom is -0.497 e. The van der Waals surface area contributed by atoms with Crippen LogP contribution in [0.2, 0.25) is 0 Å². The van der Waals surface area contributed by atoms with Crippen molar-refractivity contribution in [3.05, 3.63) is 70.4 Å². The number of carbonyl (C=O) groups excluding carboxylic acids is 2. The summed E-state index contributed by atoms with van der Waals surface area (Å²) in [5, 5.41) is 3.10. The first-order valence-electron chi connectivity index (χ1n) is 11.8. The number of thiophene rings is 1. The zero-order chi connectivity index (χ0) is 26.6. The molecular formula is C26H27FN2O6S2. The molecule has 11 heteroatoms. The lowest BCUT2D eigenvalue weighted by Crippen LogP contribution is -2.38. The predicted octanol–water partition coefficient (Wildman–Crippen LogP) is 4.79. The number of nitrogens with zero attached hydrogens (tertiary/aromatic N) is 1. The van der Waals surface area contributed by atoms with Gasteiger partial charge >= 0.3 is 5.97 Å². The van der Waals surface area contributed by atoms with Crippen molar-refractivity contribution >= 4 is 43.9 Å². The summed E-state index contributed by atoms with van der Waals surface area (Å²) in [6.07, 6.45) is 3.45. The van der Waals surface area contributed by atoms with Gasteiger partial charge in [0.2, 0.25) is 5.91 Å². The summed E-state index contributed by atoms with van der Waals surface area (Å²) < 4.78 is 51.9. The van der Waals surface area contributed by atoms with E-state index in [1.54, 1.807) is 19.1 Å². The number of hydrogen-bond acceptors (Lipinski definition) is 7. The zero-order valence-electron chi connectivity index (χ0n) is 20.5. The quantitative estimate of drug-likeness (QED) is 0.388. The number of sulfonamides is 1. The minimum atomic E-state index is -4.24. The number of nitrogens with one attached hydrogen (secondary N) is 1. The number of anilines is 2. The first-order chi connectivity index (χ1) is 17.7. The van der Waals surface area contributed by atoms with E-state index in [1.807, 2.05) is 0 Å². The Hall–Kier alpha value is -3.44. The SMILES string of the molecule is CCOC(=O)c1c(NC(=O)CN(c2ccc(OC)cc2)S(=O)(=O)c2ccc(F)cc2)sc2c1CCCC2. The van der Waals surface area contributed by atoms with Gasteiger partial charge in [0.05, 0.1) is 29.9 Å². The van der Waals surface area contributed by atoms with E-state index in [1.165, 1.54) is 30.6 Å². The molecule has 2 aromatic carbocycles. The van der Waals surface area contributed by atoms with Crippen LogP contribution in [-0.4, -0.2) is 40.6 Å². The highest BCUT2D eigenvalue weighted by atomic mass is 32.2. The molecule has 0 bridgehead atoms. The fourth-order valence-corrected chi connectivity index (χ4v) is 6.88. The van der Waals surface area contributed by atoms with Crippen molar-refractivity contribution in [3.63, 3.8) is 0 Å². The second-order valence-corrected chi connectivity index (χ2v) is 11.3. The molecule has 0 spiro atoms. The van der Waals surface area contributed by atoms with Gasteiger partial charge in [0.1, 0.15) is 23.1 Å². The van der Waals surface area contributed by atoms with E-state index in [2.05, 4.69) is 5.32 Å². The molecule has 1 aliphatic carbocycles. The molecule has 0 fully saturated rings. The number of benzene rings is 2. The predicted molar refractivity (Wildman–Crippen MR) is 139 cm³/mol. The molecule has 196 valence electrons. The molecule has 1 aromatic heterocycles. The summed E-state index contributed by atoms with van der Waals surface area (Å²) in [6, 6.07) is 10.6. The Labute approximate surface area is 219 Å². The van der Waals surface area contributed by atoms with Crippen LogP contribution in [0.4, 0.5) is 15.1 Å².